The van der Waals surface area contributed by atoms with Crippen molar-refractivity contribution < 1.29 is 40.6 Å². The highest BCUT2D eigenvalue weighted by Crippen LogP contribution is 2.36. The fourth-order valence-electron chi connectivity index (χ4n) is 2.76. The van der Waals surface area contributed by atoms with Crippen LogP contribution >= 0.6 is 0 Å². The molecule has 3 aromatic rings. The van der Waals surface area contributed by atoms with Crippen LogP contribution in [-0.2, 0) is 12.4 Å². The number of nitrogens with zero attached hydrogens (tertiary/aromatic N) is 2. The molecule has 0 saturated heterocycles. The third-order valence-corrected chi connectivity index (χ3v) is 4.24. The van der Waals surface area contributed by atoms with E-state index in [1.165, 1.54) is 36.4 Å². The topological polar surface area (TPSA) is 83.1 Å². The summed E-state index contributed by atoms with van der Waals surface area (Å²) in [5, 5.41) is 18.1. The van der Waals surface area contributed by atoms with Crippen LogP contribution in [-0.4, -0.2) is 5.97 Å². The molecule has 0 unspecified atom stereocenters. The number of ether oxygens (including phenoxy) is 2. The molecular weight excluding hydrogens is 466 g/mol. The highest BCUT2D eigenvalue weighted by molar-refractivity contribution is 5.91. The number of hydrogen-bond donors (Lipinski definition) is 0. The Bertz CT molecular complexity index is 1270. The molecule has 0 aliphatic carbocycles. The summed E-state index contributed by atoms with van der Waals surface area (Å²) < 4.78 is 88.6. The minimum Gasteiger partial charge on any atom is -0.457 e. The first-order valence-electron chi connectivity index (χ1n) is 9.14. The SMILES string of the molecule is N#Cc1cc(C#N)cc(Oc2cccc(OC(=O)c3cc(C(F)(F)F)cc(C(F)(F)F)c3)c2)c1. The van der Waals surface area contributed by atoms with Gasteiger partial charge in [-0.2, -0.15) is 36.9 Å². The Balaban J connectivity index is 1.88. The van der Waals surface area contributed by atoms with Gasteiger partial charge >= 0.3 is 18.3 Å². The summed E-state index contributed by atoms with van der Waals surface area (Å²) in [5.74, 6) is -1.52. The van der Waals surface area contributed by atoms with Crippen molar-refractivity contribution in [2.45, 2.75) is 12.4 Å². The Morgan fingerprint density at radius 2 is 1.24 bits per heavy atom. The number of benzene rings is 3. The van der Waals surface area contributed by atoms with E-state index in [-0.39, 0.29) is 46.6 Å². The van der Waals surface area contributed by atoms with Crippen molar-refractivity contribution in [2.75, 3.05) is 0 Å². The van der Waals surface area contributed by atoms with E-state index in [1.54, 1.807) is 0 Å². The van der Waals surface area contributed by atoms with Crippen molar-refractivity contribution in [1.29, 1.82) is 10.5 Å². The van der Waals surface area contributed by atoms with E-state index in [0.717, 1.165) is 6.07 Å². The molecule has 3 rings (SSSR count). The van der Waals surface area contributed by atoms with Gasteiger partial charge in [0.2, 0.25) is 0 Å². The van der Waals surface area contributed by atoms with Gasteiger partial charge < -0.3 is 9.47 Å². The molecule has 3 aromatic carbocycles. The minimum absolute atomic E-state index is 0.0595. The monoisotopic (exact) mass is 476 g/mol. The van der Waals surface area contributed by atoms with Crippen LogP contribution in [0.5, 0.6) is 17.2 Å². The molecule has 34 heavy (non-hydrogen) atoms. The van der Waals surface area contributed by atoms with E-state index in [4.69, 9.17) is 20.0 Å². The Kier molecular flexibility index (Phi) is 6.50. The van der Waals surface area contributed by atoms with Gasteiger partial charge in [0.05, 0.1) is 40.0 Å². The largest absolute Gasteiger partial charge is 0.457 e. The van der Waals surface area contributed by atoms with E-state index in [2.05, 4.69) is 0 Å². The lowest BCUT2D eigenvalue weighted by Crippen LogP contribution is -2.15. The molecule has 0 spiro atoms. The van der Waals surface area contributed by atoms with E-state index < -0.39 is 35.0 Å². The minimum atomic E-state index is -5.12. The third-order valence-electron chi connectivity index (χ3n) is 4.24. The van der Waals surface area contributed by atoms with Crippen LogP contribution in [0.2, 0.25) is 0 Å². The van der Waals surface area contributed by atoms with Crippen LogP contribution in [0, 0.1) is 22.7 Å². The van der Waals surface area contributed by atoms with Gasteiger partial charge in [0.25, 0.3) is 0 Å². The predicted octanol–water partition coefficient (Wildman–Crippen LogP) is 6.48. The molecule has 172 valence electrons. The van der Waals surface area contributed by atoms with Gasteiger partial charge in [0.1, 0.15) is 17.2 Å². The van der Waals surface area contributed by atoms with Gasteiger partial charge in [0.15, 0.2) is 0 Å². The van der Waals surface area contributed by atoms with E-state index in [0.29, 0.717) is 0 Å². The Labute approximate surface area is 188 Å². The number of alkyl halides is 6. The lowest BCUT2D eigenvalue weighted by Gasteiger charge is -2.14. The molecule has 0 fully saturated rings. The zero-order valence-corrected chi connectivity index (χ0v) is 16.7. The molecule has 0 radical (unpaired) electrons. The summed E-state index contributed by atoms with van der Waals surface area (Å²) in [6.07, 6.45) is -10.2. The molecule has 0 heterocycles. The fourth-order valence-corrected chi connectivity index (χ4v) is 2.76. The number of carbonyl (C=O) groups excluding carboxylic acids is 1. The molecule has 5 nitrogen and oxygen atoms in total. The number of rotatable bonds is 4. The summed E-state index contributed by atoms with van der Waals surface area (Å²) in [6.45, 7) is 0. The van der Waals surface area contributed by atoms with Crippen molar-refractivity contribution in [3.8, 4) is 29.4 Å². The molecule has 0 saturated carbocycles. The first-order chi connectivity index (χ1) is 15.9. The molecule has 0 N–H and O–H groups in total. The maximum Gasteiger partial charge on any atom is 0.416 e. The number of halogens is 6. The van der Waals surface area contributed by atoms with E-state index >= 15 is 0 Å². The maximum atomic E-state index is 13.0. The third kappa shape index (κ3) is 5.84. The summed E-state index contributed by atoms with van der Waals surface area (Å²) in [5.41, 5.74) is -3.98. The molecule has 0 atom stereocenters. The zero-order valence-electron chi connectivity index (χ0n) is 16.7. The van der Waals surface area contributed by atoms with Gasteiger partial charge in [-0.3, -0.25) is 0 Å². The second kappa shape index (κ2) is 9.16. The normalized spacial score (nSPS) is 11.3. The zero-order chi connectivity index (χ0) is 25.1. The highest BCUT2D eigenvalue weighted by Gasteiger charge is 2.37. The van der Waals surface area contributed by atoms with Crippen LogP contribution in [0.4, 0.5) is 26.3 Å². The van der Waals surface area contributed by atoms with Crippen molar-refractivity contribution in [3.05, 3.63) is 88.5 Å². The second-order valence-electron chi connectivity index (χ2n) is 6.73. The summed E-state index contributed by atoms with van der Waals surface area (Å²) in [6, 6.07) is 13.3. The first kappa shape index (κ1) is 24.1. The molecule has 0 aliphatic rings. The van der Waals surface area contributed by atoms with Crippen molar-refractivity contribution >= 4 is 5.97 Å². The van der Waals surface area contributed by atoms with Gasteiger partial charge in [-0.15, -0.1) is 0 Å². The quantitative estimate of drug-likeness (QED) is 0.245. The smallest absolute Gasteiger partial charge is 0.416 e. The van der Waals surface area contributed by atoms with Gasteiger partial charge in [0, 0.05) is 6.07 Å². The fraction of sp³-hybridized carbons (Fsp3) is 0.0870. The molecular formula is C23H10F6N2O3. The molecule has 11 heteroatoms. The number of nitriles is 2. The van der Waals surface area contributed by atoms with Crippen LogP contribution < -0.4 is 9.47 Å². The Hall–Kier alpha value is -4.51. The van der Waals surface area contributed by atoms with E-state index in [9.17, 15) is 31.1 Å². The van der Waals surface area contributed by atoms with Crippen molar-refractivity contribution in [2.24, 2.45) is 0 Å². The van der Waals surface area contributed by atoms with Crippen LogP contribution in [0.15, 0.2) is 60.7 Å². The van der Waals surface area contributed by atoms with Crippen LogP contribution in [0.25, 0.3) is 0 Å². The Morgan fingerprint density at radius 1 is 0.706 bits per heavy atom. The lowest BCUT2D eigenvalue weighted by molar-refractivity contribution is -0.143. The van der Waals surface area contributed by atoms with Gasteiger partial charge in [-0.05, 0) is 48.5 Å². The maximum absolute atomic E-state index is 13.0. The average molecular weight is 476 g/mol. The van der Waals surface area contributed by atoms with Crippen LogP contribution in [0.1, 0.15) is 32.6 Å². The van der Waals surface area contributed by atoms with Gasteiger partial charge in [-0.1, -0.05) is 6.07 Å². The lowest BCUT2D eigenvalue weighted by atomic mass is 10.0. The number of carbonyl (C=O) groups is 1. The second-order valence-corrected chi connectivity index (χ2v) is 6.73. The predicted molar refractivity (Wildman–Crippen MR) is 104 cm³/mol. The average Bonchev–Trinajstić information content (AvgIpc) is 2.77. The first-order valence-corrected chi connectivity index (χ1v) is 9.14. The summed E-state index contributed by atoms with van der Waals surface area (Å²) in [4.78, 5) is 12.3. The summed E-state index contributed by atoms with van der Waals surface area (Å²) in [7, 11) is 0. The standard InChI is InChI=1S/C23H10F6N2O3/c24-22(25,26)16-7-15(8-17(9-16)23(27,28)29)21(32)34-19-3-1-2-18(10-19)33-20-5-13(11-30)4-14(6-20)12-31/h1-10H. The van der Waals surface area contributed by atoms with Crippen molar-refractivity contribution in [3.63, 3.8) is 0 Å². The summed E-state index contributed by atoms with van der Waals surface area (Å²) >= 11 is 0. The van der Waals surface area contributed by atoms with Crippen molar-refractivity contribution in [1.82, 2.24) is 0 Å². The molecule has 0 bridgehead atoms. The number of hydrogen-bond acceptors (Lipinski definition) is 5. The molecule has 0 amide bonds. The molecule has 0 aromatic heterocycles. The van der Waals surface area contributed by atoms with Gasteiger partial charge in [-0.25, -0.2) is 4.79 Å². The highest BCUT2D eigenvalue weighted by atomic mass is 19.4. The number of esters is 1. The molecule has 0 aliphatic heterocycles. The Morgan fingerprint density at radius 3 is 1.74 bits per heavy atom. The van der Waals surface area contributed by atoms with Crippen LogP contribution in [0.3, 0.4) is 0 Å². The van der Waals surface area contributed by atoms with E-state index in [1.807, 2.05) is 12.1 Å².